The second kappa shape index (κ2) is 7.67. The molecule has 1 saturated heterocycles. The van der Waals surface area contributed by atoms with Crippen LogP contribution in [0, 0.1) is 5.82 Å². The third-order valence-corrected chi connectivity index (χ3v) is 8.32. The summed E-state index contributed by atoms with van der Waals surface area (Å²) in [5.41, 5.74) is 0.261. The molecule has 0 radical (unpaired) electrons. The maximum atomic E-state index is 13.8. The summed E-state index contributed by atoms with van der Waals surface area (Å²) in [5, 5.41) is 0. The largest absolute Gasteiger partial charge is 0.243 e. The number of halogens is 1. The lowest BCUT2D eigenvalue weighted by atomic mass is 10.2. The van der Waals surface area contributed by atoms with E-state index in [1.807, 2.05) is 0 Å². The van der Waals surface area contributed by atoms with Crippen molar-refractivity contribution in [3.63, 3.8) is 0 Å². The standard InChI is InChI=1S/C18H21FN2O4S2/c1-20(14-15-6-2-3-7-18(15)19)26(22,23)16-8-10-17(11-9-16)27(24,25)21-12-4-5-13-21/h2-3,6-11H,4-5,12-14H2,1H3. The van der Waals surface area contributed by atoms with Crippen LogP contribution >= 0.6 is 0 Å². The van der Waals surface area contributed by atoms with Crippen molar-refractivity contribution in [2.45, 2.75) is 29.2 Å². The molecule has 0 atom stereocenters. The number of sulfonamides is 2. The van der Waals surface area contributed by atoms with Crippen LogP contribution in [0.4, 0.5) is 4.39 Å². The van der Waals surface area contributed by atoms with Crippen LogP contribution in [-0.4, -0.2) is 45.6 Å². The first-order chi connectivity index (χ1) is 12.7. The predicted molar refractivity (Wildman–Crippen MR) is 99.5 cm³/mol. The monoisotopic (exact) mass is 412 g/mol. The Labute approximate surface area is 159 Å². The fourth-order valence-electron chi connectivity index (χ4n) is 2.99. The number of hydrogen-bond acceptors (Lipinski definition) is 4. The van der Waals surface area contributed by atoms with Crippen LogP contribution < -0.4 is 0 Å². The fraction of sp³-hybridized carbons (Fsp3) is 0.333. The zero-order valence-electron chi connectivity index (χ0n) is 14.9. The molecule has 3 rings (SSSR count). The van der Waals surface area contributed by atoms with Crippen molar-refractivity contribution in [1.29, 1.82) is 0 Å². The highest BCUT2D eigenvalue weighted by molar-refractivity contribution is 7.89. The minimum Gasteiger partial charge on any atom is -0.207 e. The first-order valence-corrected chi connectivity index (χ1v) is 11.4. The van der Waals surface area contributed by atoms with E-state index in [4.69, 9.17) is 0 Å². The zero-order valence-corrected chi connectivity index (χ0v) is 16.5. The first kappa shape index (κ1) is 19.9. The molecule has 1 aliphatic heterocycles. The van der Waals surface area contributed by atoms with Gasteiger partial charge in [-0.3, -0.25) is 0 Å². The van der Waals surface area contributed by atoms with Gasteiger partial charge in [-0.25, -0.2) is 21.2 Å². The summed E-state index contributed by atoms with van der Waals surface area (Å²) in [6.45, 7) is 0.838. The van der Waals surface area contributed by atoms with Crippen molar-refractivity contribution in [3.8, 4) is 0 Å². The lowest BCUT2D eigenvalue weighted by Crippen LogP contribution is -2.28. The Morgan fingerprint density at radius 3 is 2.07 bits per heavy atom. The van der Waals surface area contributed by atoms with Crippen LogP contribution in [0.1, 0.15) is 18.4 Å². The van der Waals surface area contributed by atoms with Crippen molar-refractivity contribution >= 4 is 20.0 Å². The normalized spacial score (nSPS) is 16.1. The zero-order chi connectivity index (χ0) is 19.7. The van der Waals surface area contributed by atoms with Gasteiger partial charge < -0.3 is 0 Å². The molecule has 0 aromatic heterocycles. The van der Waals surface area contributed by atoms with Crippen LogP contribution in [0.2, 0.25) is 0 Å². The van der Waals surface area contributed by atoms with Gasteiger partial charge in [0.15, 0.2) is 0 Å². The van der Waals surface area contributed by atoms with Gasteiger partial charge in [-0.05, 0) is 43.2 Å². The van der Waals surface area contributed by atoms with E-state index < -0.39 is 25.9 Å². The van der Waals surface area contributed by atoms with Crippen molar-refractivity contribution in [2.24, 2.45) is 0 Å². The molecule has 2 aromatic carbocycles. The Kier molecular flexibility index (Phi) is 5.66. The highest BCUT2D eigenvalue weighted by atomic mass is 32.2. The lowest BCUT2D eigenvalue weighted by Gasteiger charge is -2.19. The van der Waals surface area contributed by atoms with E-state index in [0.29, 0.717) is 13.1 Å². The van der Waals surface area contributed by atoms with Gasteiger partial charge in [0.25, 0.3) is 0 Å². The van der Waals surface area contributed by atoms with Crippen LogP contribution in [-0.2, 0) is 26.6 Å². The smallest absolute Gasteiger partial charge is 0.207 e. The average Bonchev–Trinajstić information content (AvgIpc) is 3.19. The van der Waals surface area contributed by atoms with Gasteiger partial charge in [-0.2, -0.15) is 8.61 Å². The molecule has 1 aliphatic rings. The van der Waals surface area contributed by atoms with E-state index in [1.54, 1.807) is 6.07 Å². The fourth-order valence-corrected chi connectivity index (χ4v) is 5.66. The Bertz CT molecular complexity index is 1020. The van der Waals surface area contributed by atoms with Crippen molar-refractivity contribution in [2.75, 3.05) is 20.1 Å². The van der Waals surface area contributed by atoms with E-state index in [1.165, 1.54) is 53.8 Å². The van der Waals surface area contributed by atoms with Crippen molar-refractivity contribution in [3.05, 3.63) is 59.9 Å². The molecule has 0 spiro atoms. The summed E-state index contributed by atoms with van der Waals surface area (Å²) < 4.78 is 66.7. The molecular weight excluding hydrogens is 391 g/mol. The molecule has 0 saturated carbocycles. The number of nitrogens with zero attached hydrogens (tertiary/aromatic N) is 2. The van der Waals surface area contributed by atoms with Crippen LogP contribution in [0.3, 0.4) is 0 Å². The predicted octanol–water partition coefficient (Wildman–Crippen LogP) is 2.43. The van der Waals surface area contributed by atoms with Gasteiger partial charge in [-0.1, -0.05) is 18.2 Å². The Morgan fingerprint density at radius 1 is 0.926 bits per heavy atom. The van der Waals surface area contributed by atoms with Gasteiger partial charge >= 0.3 is 0 Å². The maximum absolute atomic E-state index is 13.8. The van der Waals surface area contributed by atoms with E-state index in [0.717, 1.165) is 17.1 Å². The molecule has 27 heavy (non-hydrogen) atoms. The van der Waals surface area contributed by atoms with Crippen molar-refractivity contribution < 1.29 is 21.2 Å². The van der Waals surface area contributed by atoms with Crippen LogP contribution in [0.25, 0.3) is 0 Å². The van der Waals surface area contributed by atoms with E-state index >= 15 is 0 Å². The second-order valence-electron chi connectivity index (χ2n) is 6.44. The SMILES string of the molecule is CN(Cc1ccccc1F)S(=O)(=O)c1ccc(S(=O)(=O)N2CCCC2)cc1. The first-order valence-electron chi connectivity index (χ1n) is 8.53. The Morgan fingerprint density at radius 2 is 1.48 bits per heavy atom. The molecule has 0 amide bonds. The molecule has 0 bridgehead atoms. The molecule has 0 aliphatic carbocycles. The van der Waals surface area contributed by atoms with E-state index in [2.05, 4.69) is 0 Å². The molecule has 0 N–H and O–H groups in total. The van der Waals surface area contributed by atoms with Crippen LogP contribution in [0.5, 0.6) is 0 Å². The summed E-state index contributed by atoms with van der Waals surface area (Å²) in [4.78, 5) is 0.0295. The summed E-state index contributed by atoms with van der Waals surface area (Å²) in [6.07, 6.45) is 1.65. The number of benzene rings is 2. The summed E-state index contributed by atoms with van der Waals surface area (Å²) in [7, 11) is -6.12. The third-order valence-electron chi connectivity index (χ3n) is 4.59. The molecule has 2 aromatic rings. The number of hydrogen-bond donors (Lipinski definition) is 0. The number of rotatable bonds is 6. The molecule has 9 heteroatoms. The maximum Gasteiger partial charge on any atom is 0.243 e. The summed E-state index contributed by atoms with van der Waals surface area (Å²) in [5.74, 6) is -0.480. The minimum absolute atomic E-state index is 0.0401. The highest BCUT2D eigenvalue weighted by Crippen LogP contribution is 2.24. The van der Waals surface area contributed by atoms with Gasteiger partial charge in [0.05, 0.1) is 9.79 Å². The third kappa shape index (κ3) is 4.06. The molecular formula is C18H21FN2O4S2. The second-order valence-corrected chi connectivity index (χ2v) is 10.4. The highest BCUT2D eigenvalue weighted by Gasteiger charge is 2.28. The minimum atomic E-state index is -3.88. The van der Waals surface area contributed by atoms with Gasteiger partial charge in [0, 0.05) is 32.2 Å². The summed E-state index contributed by atoms with van der Waals surface area (Å²) in [6, 6.07) is 11.1. The summed E-state index contributed by atoms with van der Waals surface area (Å²) >= 11 is 0. The average molecular weight is 413 g/mol. The Balaban J connectivity index is 1.82. The van der Waals surface area contributed by atoms with Crippen LogP contribution in [0.15, 0.2) is 58.3 Å². The van der Waals surface area contributed by atoms with E-state index in [-0.39, 0.29) is 21.9 Å². The van der Waals surface area contributed by atoms with E-state index in [9.17, 15) is 21.2 Å². The van der Waals surface area contributed by atoms with Gasteiger partial charge in [0.1, 0.15) is 5.82 Å². The van der Waals surface area contributed by atoms with Gasteiger partial charge in [-0.15, -0.1) is 0 Å². The molecule has 146 valence electrons. The molecule has 1 fully saturated rings. The van der Waals surface area contributed by atoms with Gasteiger partial charge in [0.2, 0.25) is 20.0 Å². The van der Waals surface area contributed by atoms with Crippen molar-refractivity contribution in [1.82, 2.24) is 8.61 Å². The lowest BCUT2D eigenvalue weighted by molar-refractivity contribution is 0.456. The quantitative estimate of drug-likeness (QED) is 0.730. The molecule has 0 unspecified atom stereocenters. The Hall–Kier alpha value is -1.81. The molecule has 6 nitrogen and oxygen atoms in total. The topological polar surface area (TPSA) is 74.8 Å². The molecule has 1 heterocycles.